The van der Waals surface area contributed by atoms with Gasteiger partial charge in [0.2, 0.25) is 5.91 Å². The van der Waals surface area contributed by atoms with E-state index >= 15 is 0 Å². The number of rotatable bonds is 5. The van der Waals surface area contributed by atoms with E-state index in [9.17, 15) is 13.2 Å². The van der Waals surface area contributed by atoms with Crippen molar-refractivity contribution in [1.82, 2.24) is 4.98 Å². The molecule has 8 heteroatoms. The second-order valence-electron chi connectivity index (χ2n) is 5.45. The van der Waals surface area contributed by atoms with Crippen molar-refractivity contribution < 1.29 is 17.9 Å². The average Bonchev–Trinajstić information content (AvgIpc) is 2.96. The Labute approximate surface area is 149 Å². The predicted molar refractivity (Wildman–Crippen MR) is 98.0 cm³/mol. The summed E-state index contributed by atoms with van der Waals surface area (Å²) in [5.41, 5.74) is 1.58. The molecule has 0 aliphatic heterocycles. The first kappa shape index (κ1) is 17.4. The normalized spacial score (nSPS) is 11.4. The molecule has 3 rings (SSSR count). The van der Waals surface area contributed by atoms with Gasteiger partial charge in [-0.05, 0) is 31.2 Å². The van der Waals surface area contributed by atoms with Crippen LogP contribution in [0.1, 0.15) is 5.56 Å². The summed E-state index contributed by atoms with van der Waals surface area (Å²) in [4.78, 5) is 16.6. The molecule has 3 aromatic rings. The number of anilines is 1. The molecule has 0 saturated carbocycles. The Hall–Kier alpha value is -2.45. The number of nitrogens with zero attached hydrogens (tertiary/aromatic N) is 1. The maximum absolute atomic E-state index is 12.3. The fourth-order valence-corrected chi connectivity index (χ4v) is 4.33. The minimum absolute atomic E-state index is 0.124. The molecule has 1 aromatic heterocycles. The fraction of sp³-hybridized carbons (Fsp3) is 0.176. The maximum Gasteiger partial charge on any atom is 0.241 e. The molecule has 6 nitrogen and oxygen atoms in total. The lowest BCUT2D eigenvalue weighted by atomic mass is 10.2. The number of fused-ring (bicyclic) bond motifs is 1. The summed E-state index contributed by atoms with van der Waals surface area (Å²) >= 11 is 1.26. The van der Waals surface area contributed by atoms with Gasteiger partial charge < -0.3 is 10.1 Å². The highest BCUT2D eigenvalue weighted by atomic mass is 32.2. The standard InChI is InChI=1S/C17H16N2O4S2/c1-11-6-8-12(9-7-11)25(21,22)10-15(20)18-17-19-16-13(23-2)4-3-5-14(16)24-17/h3-9H,10H2,1-2H3,(H,18,19,20). The number of hydrogen-bond donors (Lipinski definition) is 1. The van der Waals surface area contributed by atoms with Crippen molar-refractivity contribution in [2.24, 2.45) is 0 Å². The van der Waals surface area contributed by atoms with E-state index in [0.29, 0.717) is 16.4 Å². The lowest BCUT2D eigenvalue weighted by molar-refractivity contribution is -0.113. The van der Waals surface area contributed by atoms with E-state index < -0.39 is 21.5 Å². The zero-order valence-corrected chi connectivity index (χ0v) is 15.3. The minimum atomic E-state index is -3.70. The summed E-state index contributed by atoms with van der Waals surface area (Å²) in [6.07, 6.45) is 0. The summed E-state index contributed by atoms with van der Waals surface area (Å²) in [6.45, 7) is 1.87. The van der Waals surface area contributed by atoms with Gasteiger partial charge in [0.15, 0.2) is 15.0 Å². The smallest absolute Gasteiger partial charge is 0.241 e. The van der Waals surface area contributed by atoms with Crippen LogP contribution < -0.4 is 10.1 Å². The number of nitrogens with one attached hydrogen (secondary N) is 1. The second-order valence-corrected chi connectivity index (χ2v) is 8.47. The van der Waals surface area contributed by atoms with E-state index in [4.69, 9.17) is 4.74 Å². The molecule has 1 amide bonds. The molecule has 130 valence electrons. The Kier molecular flexibility index (Phi) is 4.73. The number of aryl methyl sites for hydroxylation is 1. The topological polar surface area (TPSA) is 85.4 Å². The number of methoxy groups -OCH3 is 1. The number of ether oxygens (including phenoxy) is 1. The van der Waals surface area contributed by atoms with Gasteiger partial charge in [0, 0.05) is 0 Å². The lowest BCUT2D eigenvalue weighted by Gasteiger charge is -2.05. The first-order valence-electron chi connectivity index (χ1n) is 7.42. The lowest BCUT2D eigenvalue weighted by Crippen LogP contribution is -2.22. The highest BCUT2D eigenvalue weighted by Crippen LogP contribution is 2.32. The molecule has 0 bridgehead atoms. The zero-order valence-electron chi connectivity index (χ0n) is 13.6. The molecule has 0 radical (unpaired) electrons. The van der Waals surface area contributed by atoms with Crippen molar-refractivity contribution in [3.8, 4) is 5.75 Å². The first-order chi connectivity index (χ1) is 11.9. The van der Waals surface area contributed by atoms with Crippen LogP contribution in [0.25, 0.3) is 10.2 Å². The number of para-hydroxylation sites is 1. The highest BCUT2D eigenvalue weighted by Gasteiger charge is 2.20. The van der Waals surface area contributed by atoms with Crippen LogP contribution in [0, 0.1) is 6.92 Å². The van der Waals surface area contributed by atoms with Gasteiger partial charge in [0.25, 0.3) is 0 Å². The zero-order chi connectivity index (χ0) is 18.0. The van der Waals surface area contributed by atoms with Crippen LogP contribution >= 0.6 is 11.3 Å². The van der Waals surface area contributed by atoms with Crippen LogP contribution in [0.3, 0.4) is 0 Å². The molecular weight excluding hydrogens is 360 g/mol. The van der Waals surface area contributed by atoms with Crippen LogP contribution in [0.2, 0.25) is 0 Å². The highest BCUT2D eigenvalue weighted by molar-refractivity contribution is 7.92. The van der Waals surface area contributed by atoms with Gasteiger partial charge in [-0.25, -0.2) is 13.4 Å². The summed E-state index contributed by atoms with van der Waals surface area (Å²) < 4.78 is 30.7. The van der Waals surface area contributed by atoms with Crippen molar-refractivity contribution in [2.45, 2.75) is 11.8 Å². The summed E-state index contributed by atoms with van der Waals surface area (Å²) in [5, 5.41) is 2.89. The van der Waals surface area contributed by atoms with E-state index in [0.717, 1.165) is 10.3 Å². The number of hydrogen-bond acceptors (Lipinski definition) is 6. The Morgan fingerprint density at radius 3 is 2.60 bits per heavy atom. The summed E-state index contributed by atoms with van der Waals surface area (Å²) in [7, 11) is -2.16. The molecule has 2 aromatic carbocycles. The average molecular weight is 376 g/mol. The summed E-state index contributed by atoms with van der Waals surface area (Å²) in [6, 6.07) is 11.9. The van der Waals surface area contributed by atoms with E-state index in [1.165, 1.54) is 23.5 Å². The molecule has 0 saturated heterocycles. The fourth-order valence-electron chi connectivity index (χ4n) is 2.30. The van der Waals surface area contributed by atoms with Gasteiger partial charge in [0.1, 0.15) is 17.0 Å². The Morgan fingerprint density at radius 2 is 1.92 bits per heavy atom. The maximum atomic E-state index is 12.3. The van der Waals surface area contributed by atoms with Gasteiger partial charge in [-0.15, -0.1) is 0 Å². The quantitative estimate of drug-likeness (QED) is 0.740. The van der Waals surface area contributed by atoms with E-state index in [2.05, 4.69) is 10.3 Å². The van der Waals surface area contributed by atoms with Crippen molar-refractivity contribution in [3.05, 3.63) is 48.0 Å². The van der Waals surface area contributed by atoms with Crippen molar-refractivity contribution in [2.75, 3.05) is 18.2 Å². The third-order valence-corrected chi connectivity index (χ3v) is 6.12. The molecule has 25 heavy (non-hydrogen) atoms. The van der Waals surface area contributed by atoms with Crippen LogP contribution in [0.4, 0.5) is 5.13 Å². The Balaban J connectivity index is 1.77. The number of thiazole rings is 1. The monoisotopic (exact) mass is 376 g/mol. The molecule has 1 N–H and O–H groups in total. The van der Waals surface area contributed by atoms with Crippen molar-refractivity contribution in [1.29, 1.82) is 0 Å². The number of aromatic nitrogens is 1. The number of carbonyl (C=O) groups excluding carboxylic acids is 1. The Bertz CT molecular complexity index is 1020. The van der Waals surface area contributed by atoms with Crippen LogP contribution in [0.15, 0.2) is 47.4 Å². The SMILES string of the molecule is COc1cccc2sc(NC(=O)CS(=O)(=O)c3ccc(C)cc3)nc12. The van der Waals surface area contributed by atoms with E-state index in [1.54, 1.807) is 25.3 Å². The van der Waals surface area contributed by atoms with Gasteiger partial charge in [-0.1, -0.05) is 35.1 Å². The van der Waals surface area contributed by atoms with Crippen LogP contribution in [-0.2, 0) is 14.6 Å². The van der Waals surface area contributed by atoms with Crippen molar-refractivity contribution >= 4 is 42.4 Å². The number of sulfone groups is 1. The molecule has 0 spiro atoms. The third kappa shape index (κ3) is 3.80. The Morgan fingerprint density at radius 1 is 1.20 bits per heavy atom. The van der Waals surface area contributed by atoms with Crippen LogP contribution in [0.5, 0.6) is 5.75 Å². The number of carbonyl (C=O) groups is 1. The van der Waals surface area contributed by atoms with Gasteiger partial charge in [0.05, 0.1) is 16.7 Å². The predicted octanol–water partition coefficient (Wildman–Crippen LogP) is 3.03. The third-order valence-electron chi connectivity index (χ3n) is 3.55. The van der Waals surface area contributed by atoms with Gasteiger partial charge in [-0.2, -0.15) is 0 Å². The number of amides is 1. The minimum Gasteiger partial charge on any atom is -0.494 e. The van der Waals surface area contributed by atoms with Crippen LogP contribution in [-0.4, -0.2) is 32.2 Å². The van der Waals surface area contributed by atoms with E-state index in [-0.39, 0.29) is 4.90 Å². The van der Waals surface area contributed by atoms with Crippen molar-refractivity contribution in [3.63, 3.8) is 0 Å². The largest absolute Gasteiger partial charge is 0.494 e. The molecular formula is C17H16N2O4S2. The first-order valence-corrected chi connectivity index (χ1v) is 9.89. The van der Waals surface area contributed by atoms with E-state index in [1.807, 2.05) is 19.1 Å². The molecule has 1 heterocycles. The molecule has 0 fully saturated rings. The number of benzene rings is 2. The molecule has 0 aliphatic carbocycles. The molecule has 0 aliphatic rings. The van der Waals surface area contributed by atoms with Gasteiger partial charge in [-0.3, -0.25) is 4.79 Å². The molecule has 0 unspecified atom stereocenters. The summed E-state index contributed by atoms with van der Waals surface area (Å²) in [5.74, 6) is -0.663. The second kappa shape index (κ2) is 6.81. The van der Waals surface area contributed by atoms with Gasteiger partial charge >= 0.3 is 0 Å². The molecule has 0 atom stereocenters.